The van der Waals surface area contributed by atoms with Crippen molar-refractivity contribution in [1.29, 1.82) is 0 Å². The van der Waals surface area contributed by atoms with Gasteiger partial charge in [0.1, 0.15) is 6.42 Å². The summed E-state index contributed by atoms with van der Waals surface area (Å²) >= 11 is 0. The van der Waals surface area contributed by atoms with Crippen molar-refractivity contribution >= 4 is 17.8 Å². The number of amides is 1. The number of esters is 1. The molecule has 2 heterocycles. The maximum Gasteiger partial charge on any atom is 0.315 e. The van der Waals surface area contributed by atoms with Crippen LogP contribution in [0.4, 0.5) is 5.95 Å². The first-order valence-corrected chi connectivity index (χ1v) is 6.66. The van der Waals surface area contributed by atoms with E-state index < -0.39 is 5.97 Å². The molecule has 0 N–H and O–H groups in total. The number of rotatable bonds is 4. The number of hydrogen-bond acceptors (Lipinski definition) is 6. The van der Waals surface area contributed by atoms with Gasteiger partial charge in [0, 0.05) is 38.6 Å². The second-order valence-electron chi connectivity index (χ2n) is 4.40. The van der Waals surface area contributed by atoms with Crippen LogP contribution in [-0.2, 0) is 14.3 Å². The van der Waals surface area contributed by atoms with Gasteiger partial charge in [0.15, 0.2) is 0 Å². The first kappa shape index (κ1) is 14.2. The maximum atomic E-state index is 11.9. The van der Waals surface area contributed by atoms with E-state index in [9.17, 15) is 9.59 Å². The van der Waals surface area contributed by atoms with Crippen molar-refractivity contribution in [3.63, 3.8) is 0 Å². The highest BCUT2D eigenvalue weighted by molar-refractivity contribution is 5.94. The van der Waals surface area contributed by atoms with E-state index in [0.29, 0.717) is 38.7 Å². The van der Waals surface area contributed by atoms with Gasteiger partial charge in [0.25, 0.3) is 0 Å². The van der Waals surface area contributed by atoms with Crippen LogP contribution in [-0.4, -0.2) is 59.5 Å². The smallest absolute Gasteiger partial charge is 0.315 e. The van der Waals surface area contributed by atoms with Crippen LogP contribution in [0.2, 0.25) is 0 Å². The maximum absolute atomic E-state index is 11.9. The van der Waals surface area contributed by atoms with Crippen LogP contribution in [0.15, 0.2) is 18.5 Å². The molecule has 1 aromatic rings. The van der Waals surface area contributed by atoms with Gasteiger partial charge in [-0.05, 0) is 13.0 Å². The summed E-state index contributed by atoms with van der Waals surface area (Å²) in [5.74, 6) is 0.0217. The molecule has 108 valence electrons. The van der Waals surface area contributed by atoms with Crippen molar-refractivity contribution in [3.8, 4) is 0 Å². The van der Waals surface area contributed by atoms with E-state index in [2.05, 4.69) is 9.97 Å². The molecule has 2 rings (SSSR count). The van der Waals surface area contributed by atoms with Crippen molar-refractivity contribution in [2.45, 2.75) is 13.3 Å². The molecule has 0 bridgehead atoms. The summed E-state index contributed by atoms with van der Waals surface area (Å²) < 4.78 is 4.78. The predicted molar refractivity (Wildman–Crippen MR) is 72.1 cm³/mol. The molecule has 1 aromatic heterocycles. The van der Waals surface area contributed by atoms with E-state index >= 15 is 0 Å². The fourth-order valence-corrected chi connectivity index (χ4v) is 2.06. The van der Waals surface area contributed by atoms with Crippen LogP contribution >= 0.6 is 0 Å². The summed E-state index contributed by atoms with van der Waals surface area (Å²) in [5, 5.41) is 0. The first-order valence-electron chi connectivity index (χ1n) is 6.66. The molecule has 1 aliphatic heterocycles. The highest BCUT2D eigenvalue weighted by Crippen LogP contribution is 2.10. The van der Waals surface area contributed by atoms with Crippen molar-refractivity contribution in [2.24, 2.45) is 0 Å². The van der Waals surface area contributed by atoms with Crippen molar-refractivity contribution in [3.05, 3.63) is 18.5 Å². The molecule has 0 spiro atoms. The quantitative estimate of drug-likeness (QED) is 0.573. The lowest BCUT2D eigenvalue weighted by Gasteiger charge is -2.34. The van der Waals surface area contributed by atoms with Crippen LogP contribution in [0.5, 0.6) is 0 Å². The summed E-state index contributed by atoms with van der Waals surface area (Å²) in [7, 11) is 0. The molecular weight excluding hydrogens is 260 g/mol. The third kappa shape index (κ3) is 3.66. The summed E-state index contributed by atoms with van der Waals surface area (Å²) in [5.41, 5.74) is 0. The topological polar surface area (TPSA) is 75.6 Å². The van der Waals surface area contributed by atoms with Crippen molar-refractivity contribution in [1.82, 2.24) is 14.9 Å². The Labute approximate surface area is 117 Å². The zero-order valence-electron chi connectivity index (χ0n) is 11.5. The molecule has 7 nitrogen and oxygen atoms in total. The van der Waals surface area contributed by atoms with E-state index in [4.69, 9.17) is 4.74 Å². The zero-order chi connectivity index (χ0) is 14.4. The number of hydrogen-bond donors (Lipinski definition) is 0. The van der Waals surface area contributed by atoms with Gasteiger partial charge in [-0.3, -0.25) is 9.59 Å². The van der Waals surface area contributed by atoms with Gasteiger partial charge in [-0.25, -0.2) is 9.97 Å². The molecule has 0 unspecified atom stereocenters. The van der Waals surface area contributed by atoms with Gasteiger partial charge in [-0.1, -0.05) is 0 Å². The minimum absolute atomic E-state index is 0.183. The minimum Gasteiger partial charge on any atom is -0.466 e. The summed E-state index contributed by atoms with van der Waals surface area (Å²) in [6, 6.07) is 1.77. The predicted octanol–water partition coefficient (Wildman–Crippen LogP) is 0.0784. The number of carbonyl (C=O) groups excluding carboxylic acids is 2. The zero-order valence-corrected chi connectivity index (χ0v) is 11.5. The van der Waals surface area contributed by atoms with Gasteiger partial charge in [0.05, 0.1) is 6.61 Å². The SMILES string of the molecule is CCOC(=O)CC(=O)N1CCN(c2ncccn2)CC1. The lowest BCUT2D eigenvalue weighted by Crippen LogP contribution is -2.49. The molecule has 0 atom stereocenters. The molecular formula is C13H18N4O3. The minimum atomic E-state index is -0.466. The molecule has 20 heavy (non-hydrogen) atoms. The Balaban J connectivity index is 1.82. The van der Waals surface area contributed by atoms with Crippen LogP contribution in [0.25, 0.3) is 0 Å². The van der Waals surface area contributed by atoms with Gasteiger partial charge >= 0.3 is 5.97 Å². The number of ether oxygens (including phenoxy) is 1. The van der Waals surface area contributed by atoms with Crippen LogP contribution in [0.1, 0.15) is 13.3 Å². The van der Waals surface area contributed by atoms with E-state index in [1.54, 1.807) is 30.3 Å². The Kier molecular flexibility index (Phi) is 4.86. The Morgan fingerprint density at radius 1 is 1.20 bits per heavy atom. The highest BCUT2D eigenvalue weighted by Gasteiger charge is 2.24. The van der Waals surface area contributed by atoms with Gasteiger partial charge in [-0.2, -0.15) is 0 Å². The summed E-state index contributed by atoms with van der Waals surface area (Å²) in [4.78, 5) is 35.2. The Bertz CT molecular complexity index is 458. The molecule has 1 saturated heterocycles. The van der Waals surface area contributed by atoms with Crippen LogP contribution in [0, 0.1) is 0 Å². The second-order valence-corrected chi connectivity index (χ2v) is 4.40. The number of carbonyl (C=O) groups is 2. The monoisotopic (exact) mass is 278 g/mol. The standard InChI is InChI=1S/C13H18N4O3/c1-2-20-12(19)10-11(18)16-6-8-17(9-7-16)13-14-4-3-5-15-13/h3-5H,2,6-10H2,1H3. The molecule has 1 aliphatic rings. The third-order valence-corrected chi connectivity index (χ3v) is 3.07. The Hall–Kier alpha value is -2.18. The van der Waals surface area contributed by atoms with Gasteiger partial charge < -0.3 is 14.5 Å². The fourth-order valence-electron chi connectivity index (χ4n) is 2.06. The van der Waals surface area contributed by atoms with E-state index in [1.807, 2.05) is 4.90 Å². The third-order valence-electron chi connectivity index (χ3n) is 3.07. The molecule has 1 fully saturated rings. The van der Waals surface area contributed by atoms with E-state index in [-0.39, 0.29) is 12.3 Å². The average molecular weight is 278 g/mol. The molecule has 0 aromatic carbocycles. The van der Waals surface area contributed by atoms with Crippen LogP contribution < -0.4 is 4.90 Å². The van der Waals surface area contributed by atoms with Crippen LogP contribution in [0.3, 0.4) is 0 Å². The van der Waals surface area contributed by atoms with E-state index in [1.165, 1.54) is 0 Å². The molecule has 0 saturated carbocycles. The van der Waals surface area contributed by atoms with Gasteiger partial charge in [0.2, 0.25) is 11.9 Å². The highest BCUT2D eigenvalue weighted by atomic mass is 16.5. The lowest BCUT2D eigenvalue weighted by molar-refractivity contribution is -0.148. The number of aromatic nitrogens is 2. The number of nitrogens with zero attached hydrogens (tertiary/aromatic N) is 4. The Morgan fingerprint density at radius 3 is 2.45 bits per heavy atom. The second kappa shape index (κ2) is 6.83. The van der Waals surface area contributed by atoms with E-state index in [0.717, 1.165) is 0 Å². The average Bonchev–Trinajstić information content (AvgIpc) is 2.48. The molecule has 7 heteroatoms. The summed E-state index contributed by atoms with van der Waals surface area (Å²) in [6.45, 7) is 4.48. The number of anilines is 1. The van der Waals surface area contributed by atoms with Gasteiger partial charge in [-0.15, -0.1) is 0 Å². The lowest BCUT2D eigenvalue weighted by atomic mass is 10.3. The normalized spacial score (nSPS) is 15.1. The van der Waals surface area contributed by atoms with Crippen molar-refractivity contribution < 1.29 is 14.3 Å². The Morgan fingerprint density at radius 2 is 1.85 bits per heavy atom. The molecule has 1 amide bonds. The fraction of sp³-hybridized carbons (Fsp3) is 0.538. The largest absolute Gasteiger partial charge is 0.466 e. The number of piperazine rings is 1. The van der Waals surface area contributed by atoms with Crippen molar-refractivity contribution in [2.75, 3.05) is 37.7 Å². The first-order chi connectivity index (χ1) is 9.70. The molecule has 0 aliphatic carbocycles. The summed E-state index contributed by atoms with van der Waals surface area (Å²) in [6.07, 6.45) is 3.21. The molecule has 0 radical (unpaired) electrons.